The zero-order valence-electron chi connectivity index (χ0n) is 21.3. The van der Waals surface area contributed by atoms with E-state index < -0.39 is 0 Å². The van der Waals surface area contributed by atoms with E-state index in [-0.39, 0.29) is 5.41 Å². The van der Waals surface area contributed by atoms with Crippen LogP contribution in [0.15, 0.2) is 27.5 Å². The Morgan fingerprint density at radius 1 is 1.23 bits per heavy atom. The van der Waals surface area contributed by atoms with Crippen LogP contribution < -0.4 is 10.6 Å². The quantitative estimate of drug-likeness (QED) is 0.344. The topological polar surface area (TPSA) is 8.17 Å². The lowest BCUT2D eigenvalue weighted by molar-refractivity contribution is 0.337. The van der Waals surface area contributed by atoms with Crippen molar-refractivity contribution < 1.29 is 0 Å². The predicted molar refractivity (Wildman–Crippen MR) is 148 cm³/mol. The number of halogens is 1. The third-order valence-corrected chi connectivity index (χ3v) is 7.51. The molecule has 0 aliphatic heterocycles. The van der Waals surface area contributed by atoms with E-state index >= 15 is 0 Å². The zero-order valence-corrected chi connectivity index (χ0v) is 23.4. The molecule has 0 aromatic carbocycles. The van der Waals surface area contributed by atoms with Crippen molar-refractivity contribution in [3.8, 4) is 0 Å². The summed E-state index contributed by atoms with van der Waals surface area (Å²) < 4.78 is 4.76. The maximum atomic E-state index is 2.57. The van der Waals surface area contributed by atoms with Crippen LogP contribution in [0, 0.1) is 12.3 Å². The largest absolute Gasteiger partial charge is 0.369 e. The number of hydrogen-bond donors (Lipinski definition) is 0. The van der Waals surface area contributed by atoms with Crippen molar-refractivity contribution in [2.45, 2.75) is 94.0 Å². The van der Waals surface area contributed by atoms with Gasteiger partial charge in [0.05, 0.1) is 0 Å². The van der Waals surface area contributed by atoms with Crippen molar-refractivity contribution in [3.63, 3.8) is 0 Å². The molecule has 0 spiro atoms. The smallest absolute Gasteiger partial charge is 0.0485 e. The molecule has 0 bridgehead atoms. The van der Waals surface area contributed by atoms with Crippen molar-refractivity contribution in [1.82, 2.24) is 9.47 Å². The average molecular weight is 535 g/mol. The van der Waals surface area contributed by atoms with Crippen LogP contribution in [0.3, 0.4) is 0 Å². The Hall–Kier alpha value is -1.23. The van der Waals surface area contributed by atoms with Crippen molar-refractivity contribution >= 4 is 40.4 Å². The minimum absolute atomic E-state index is 0.253. The normalized spacial score (nSPS) is 17.7. The maximum Gasteiger partial charge on any atom is 0.0485 e. The van der Waals surface area contributed by atoms with Gasteiger partial charge in [0.1, 0.15) is 0 Å². The summed E-state index contributed by atoms with van der Waals surface area (Å²) in [5.74, 6) is 0. The fraction of sp³-hybridized carbons (Fsp3) is 0.571. The van der Waals surface area contributed by atoms with Crippen LogP contribution in [0.5, 0.6) is 0 Å². The molecule has 0 saturated heterocycles. The Labute approximate surface area is 204 Å². The van der Waals surface area contributed by atoms with Gasteiger partial charge in [-0.15, -0.1) is 0 Å². The monoisotopic (exact) mass is 534 g/mol. The fourth-order valence-corrected chi connectivity index (χ4v) is 5.19. The van der Waals surface area contributed by atoms with Gasteiger partial charge in [0.2, 0.25) is 0 Å². The lowest BCUT2D eigenvalue weighted by Crippen LogP contribution is -2.35. The van der Waals surface area contributed by atoms with E-state index in [9.17, 15) is 0 Å². The molecule has 1 aromatic rings. The molecule has 2 rings (SSSR count). The molecule has 0 amide bonds. The lowest BCUT2D eigenvalue weighted by atomic mass is 9.81. The van der Waals surface area contributed by atoms with Gasteiger partial charge in [-0.25, -0.2) is 0 Å². The van der Waals surface area contributed by atoms with Crippen LogP contribution in [0.1, 0.15) is 85.9 Å². The molecule has 0 fully saturated rings. The molecule has 1 aliphatic carbocycles. The summed E-state index contributed by atoms with van der Waals surface area (Å²) in [6.45, 7) is 21.6. The highest BCUT2D eigenvalue weighted by molar-refractivity contribution is 14.1. The van der Waals surface area contributed by atoms with Crippen molar-refractivity contribution in [2.75, 3.05) is 6.54 Å². The first kappa shape index (κ1) is 26.0. The highest BCUT2D eigenvalue weighted by Gasteiger charge is 2.22. The van der Waals surface area contributed by atoms with Crippen LogP contribution in [-0.2, 0) is 6.42 Å². The molecule has 2 nitrogen and oxygen atoms in total. The standard InChI is InChI=1S/C28H43IN2/c1-10-13-27-22(6)25(18-20(4)30(12-3)21(5)19-29)26(11-2)31(27)24-16-14-23(15-17-24)28(7,8)9/h11,14,16,18-20H,10,12-13,15,17H2,1-9H3/b21-19+,25-18-,26-11+. The zero-order chi connectivity index (χ0) is 23.3. The summed E-state index contributed by atoms with van der Waals surface area (Å²) in [5, 5.41) is 2.77. The molecule has 0 radical (unpaired) electrons. The van der Waals surface area contributed by atoms with Gasteiger partial charge in [-0.05, 0) is 75.0 Å². The summed E-state index contributed by atoms with van der Waals surface area (Å²) in [6.07, 6.45) is 14.1. The number of allylic oxidation sites excluding steroid dienone is 5. The second-order valence-corrected chi connectivity index (χ2v) is 10.4. The predicted octanol–water partition coefficient (Wildman–Crippen LogP) is 6.94. The molecule has 3 heteroatoms. The van der Waals surface area contributed by atoms with Crippen LogP contribution in [0.4, 0.5) is 0 Å². The number of aromatic nitrogens is 1. The summed E-state index contributed by atoms with van der Waals surface area (Å²) in [5.41, 5.74) is 7.50. The van der Waals surface area contributed by atoms with Gasteiger partial charge in [0, 0.05) is 40.2 Å². The van der Waals surface area contributed by atoms with E-state index in [0.29, 0.717) is 6.04 Å². The number of hydrogen-bond acceptors (Lipinski definition) is 1. The summed E-state index contributed by atoms with van der Waals surface area (Å²) in [6, 6.07) is 0.353. The Morgan fingerprint density at radius 3 is 2.35 bits per heavy atom. The van der Waals surface area contributed by atoms with Gasteiger partial charge in [-0.3, -0.25) is 0 Å². The fourth-order valence-electron chi connectivity index (χ4n) is 4.83. The van der Waals surface area contributed by atoms with Gasteiger partial charge in [-0.1, -0.05) is 80.5 Å². The van der Waals surface area contributed by atoms with E-state index in [4.69, 9.17) is 0 Å². The maximum absolute atomic E-state index is 2.57. The van der Waals surface area contributed by atoms with Crippen LogP contribution >= 0.6 is 22.6 Å². The minimum atomic E-state index is 0.253. The van der Waals surface area contributed by atoms with E-state index in [2.05, 4.69) is 123 Å². The molecule has 1 aromatic heterocycles. The van der Waals surface area contributed by atoms with Crippen molar-refractivity contribution in [2.24, 2.45) is 5.41 Å². The summed E-state index contributed by atoms with van der Waals surface area (Å²) in [4.78, 5) is 2.47. The highest BCUT2D eigenvalue weighted by Crippen LogP contribution is 2.34. The molecule has 172 valence electrons. The Balaban J connectivity index is 2.70. The second kappa shape index (κ2) is 11.1. The Morgan fingerprint density at radius 2 is 1.90 bits per heavy atom. The molecule has 0 N–H and O–H groups in total. The first-order valence-corrected chi connectivity index (χ1v) is 13.2. The minimum Gasteiger partial charge on any atom is -0.369 e. The highest BCUT2D eigenvalue weighted by atomic mass is 127. The van der Waals surface area contributed by atoms with E-state index in [1.165, 1.54) is 33.2 Å². The lowest BCUT2D eigenvalue weighted by Gasteiger charge is -2.28. The molecule has 31 heavy (non-hydrogen) atoms. The van der Waals surface area contributed by atoms with Gasteiger partial charge in [0.15, 0.2) is 0 Å². The second-order valence-electron chi connectivity index (χ2n) is 9.79. The number of rotatable bonds is 7. The van der Waals surface area contributed by atoms with Gasteiger partial charge in [0.25, 0.3) is 0 Å². The summed E-state index contributed by atoms with van der Waals surface area (Å²) in [7, 11) is 0. The third kappa shape index (κ3) is 5.77. The first-order chi connectivity index (χ1) is 14.6. The Kier molecular flexibility index (Phi) is 9.29. The molecular weight excluding hydrogens is 491 g/mol. The average Bonchev–Trinajstić information content (AvgIpc) is 2.99. The van der Waals surface area contributed by atoms with E-state index in [1.807, 2.05) is 0 Å². The molecular formula is C28H43IN2. The molecule has 1 atom stereocenters. The van der Waals surface area contributed by atoms with Gasteiger partial charge in [-0.2, -0.15) is 0 Å². The SMILES string of the molecule is C/C=c1\c(=C/C(C)N(CC)/C(C)=C/I)c(C)c(CCC)n1C1=CC=C(C(C)(C)C)CC1. The van der Waals surface area contributed by atoms with Crippen molar-refractivity contribution in [3.05, 3.63) is 49.3 Å². The third-order valence-electron chi connectivity index (χ3n) is 6.61. The van der Waals surface area contributed by atoms with Gasteiger partial charge < -0.3 is 9.47 Å². The summed E-state index contributed by atoms with van der Waals surface area (Å²) >= 11 is 2.35. The Bertz CT molecular complexity index is 980. The van der Waals surface area contributed by atoms with Crippen LogP contribution in [-0.4, -0.2) is 22.1 Å². The molecule has 0 saturated carbocycles. The molecule has 1 heterocycles. The first-order valence-electron chi connectivity index (χ1n) is 11.9. The molecule has 1 unspecified atom stereocenters. The van der Waals surface area contributed by atoms with Crippen LogP contribution in [0.25, 0.3) is 17.8 Å². The van der Waals surface area contributed by atoms with E-state index in [0.717, 1.165) is 32.2 Å². The number of nitrogens with zero attached hydrogens (tertiary/aromatic N) is 2. The van der Waals surface area contributed by atoms with E-state index in [1.54, 1.807) is 5.57 Å². The van der Waals surface area contributed by atoms with Crippen molar-refractivity contribution in [1.29, 1.82) is 0 Å². The van der Waals surface area contributed by atoms with Gasteiger partial charge >= 0.3 is 0 Å². The molecule has 1 aliphatic rings. The van der Waals surface area contributed by atoms with Crippen LogP contribution in [0.2, 0.25) is 0 Å².